The highest BCUT2D eigenvalue weighted by Crippen LogP contribution is 2.26. The van der Waals surface area contributed by atoms with Gasteiger partial charge in [0, 0.05) is 22.3 Å². The van der Waals surface area contributed by atoms with E-state index in [2.05, 4.69) is 31.2 Å². The van der Waals surface area contributed by atoms with E-state index in [1.54, 1.807) is 0 Å². The van der Waals surface area contributed by atoms with Crippen molar-refractivity contribution in [2.75, 3.05) is 11.9 Å². The summed E-state index contributed by atoms with van der Waals surface area (Å²) < 4.78 is 6.71. The van der Waals surface area contributed by atoms with Gasteiger partial charge in [-0.05, 0) is 49.6 Å². The van der Waals surface area contributed by atoms with E-state index in [4.69, 9.17) is 10.1 Å². The molecule has 1 aromatic heterocycles. The van der Waals surface area contributed by atoms with Gasteiger partial charge in [0.15, 0.2) is 5.82 Å². The van der Waals surface area contributed by atoms with Crippen LogP contribution in [0.1, 0.15) is 30.7 Å². The number of ether oxygens (including phenoxy) is 1. The van der Waals surface area contributed by atoms with Gasteiger partial charge in [-0.1, -0.05) is 28.1 Å². The Hall–Kier alpha value is -2.18. The molecule has 1 atom stereocenters. The van der Waals surface area contributed by atoms with Crippen molar-refractivity contribution in [2.45, 2.75) is 25.5 Å². The number of H-pyrrole nitrogens is 1. The Morgan fingerprint density at radius 3 is 2.92 bits per heavy atom. The molecule has 0 radical (unpaired) electrons. The molecule has 0 bridgehead atoms. The monoisotopic (exact) mass is 398 g/mol. The predicted molar refractivity (Wildman–Crippen MR) is 103 cm³/mol. The first-order valence-electron chi connectivity index (χ1n) is 8.42. The van der Waals surface area contributed by atoms with Crippen molar-refractivity contribution in [1.82, 2.24) is 9.97 Å². The van der Waals surface area contributed by atoms with Crippen molar-refractivity contribution in [3.8, 4) is 0 Å². The molecule has 1 saturated heterocycles. The first-order valence-corrected chi connectivity index (χ1v) is 9.22. The molecule has 1 aliphatic heterocycles. The zero-order valence-electron chi connectivity index (χ0n) is 13.7. The van der Waals surface area contributed by atoms with Crippen LogP contribution in [0.25, 0.3) is 11.0 Å². The van der Waals surface area contributed by atoms with Crippen LogP contribution in [0.15, 0.2) is 46.9 Å². The van der Waals surface area contributed by atoms with Crippen LogP contribution in [0, 0.1) is 5.41 Å². The summed E-state index contributed by atoms with van der Waals surface area (Å²) in [6.45, 7) is 0.782. The molecule has 5 nitrogen and oxygen atoms in total. The van der Waals surface area contributed by atoms with Gasteiger partial charge in [-0.15, -0.1) is 0 Å². The Kier molecular flexibility index (Phi) is 4.55. The van der Waals surface area contributed by atoms with Crippen LogP contribution in [-0.2, 0) is 4.74 Å². The van der Waals surface area contributed by atoms with Gasteiger partial charge in [-0.2, -0.15) is 0 Å². The van der Waals surface area contributed by atoms with Gasteiger partial charge in [0.2, 0.25) is 0 Å². The summed E-state index contributed by atoms with van der Waals surface area (Å²) in [6.07, 6.45) is 3.25. The maximum atomic E-state index is 8.66. The van der Waals surface area contributed by atoms with Crippen LogP contribution in [0.2, 0.25) is 0 Å². The zero-order chi connectivity index (χ0) is 17.2. The molecule has 0 aliphatic carbocycles. The lowest BCUT2D eigenvalue weighted by Crippen LogP contribution is -2.28. The largest absolute Gasteiger partial charge is 0.360 e. The number of imidazole rings is 1. The molecule has 1 unspecified atom stereocenters. The lowest BCUT2D eigenvalue weighted by Gasteiger charge is -2.25. The minimum Gasteiger partial charge on any atom is -0.360 e. The highest BCUT2D eigenvalue weighted by molar-refractivity contribution is 9.10. The fraction of sp³-hybridized carbons (Fsp3) is 0.263. The molecule has 25 heavy (non-hydrogen) atoms. The maximum Gasteiger partial charge on any atom is 0.157 e. The smallest absolute Gasteiger partial charge is 0.157 e. The molecule has 128 valence electrons. The van der Waals surface area contributed by atoms with Crippen molar-refractivity contribution in [3.05, 3.63) is 58.3 Å². The van der Waals surface area contributed by atoms with Gasteiger partial charge in [-0.25, -0.2) is 4.98 Å². The second kappa shape index (κ2) is 6.98. The minimum absolute atomic E-state index is 0.00264. The third kappa shape index (κ3) is 3.45. The number of nitrogens with one attached hydrogen (secondary N) is 3. The van der Waals surface area contributed by atoms with Crippen molar-refractivity contribution in [1.29, 1.82) is 5.41 Å². The fourth-order valence-electron chi connectivity index (χ4n) is 3.08. The number of halogens is 1. The number of para-hydroxylation sites is 2. The third-order valence-corrected chi connectivity index (χ3v) is 4.87. The normalized spacial score (nSPS) is 17.6. The van der Waals surface area contributed by atoms with Crippen LogP contribution >= 0.6 is 15.9 Å². The Bertz CT molecular complexity index is 882. The number of fused-ring (bicyclic) bond motifs is 1. The average Bonchev–Trinajstić information content (AvgIpc) is 3.08. The standard InChI is InChI=1S/C19H19BrN4O/c20-12-8-9-14(22-17-7-3-4-10-25-17)13(11-12)18(21)19-23-15-5-1-2-6-16(15)24-19/h1-2,5-6,8-9,11,17,21-22H,3-4,7,10H2,(H,23,24). The van der Waals surface area contributed by atoms with Crippen LogP contribution in [-0.4, -0.2) is 28.5 Å². The molecule has 1 aliphatic rings. The van der Waals surface area contributed by atoms with Crippen LogP contribution in [0.5, 0.6) is 0 Å². The Labute approximate surface area is 154 Å². The number of anilines is 1. The second-order valence-electron chi connectivity index (χ2n) is 6.17. The van der Waals surface area contributed by atoms with E-state index in [-0.39, 0.29) is 6.23 Å². The van der Waals surface area contributed by atoms with Crippen molar-refractivity contribution < 1.29 is 4.74 Å². The first-order chi connectivity index (χ1) is 12.2. The van der Waals surface area contributed by atoms with Gasteiger partial charge < -0.3 is 15.0 Å². The zero-order valence-corrected chi connectivity index (χ0v) is 15.3. The van der Waals surface area contributed by atoms with Gasteiger partial charge in [-0.3, -0.25) is 5.41 Å². The number of benzene rings is 2. The lowest BCUT2D eigenvalue weighted by atomic mass is 10.1. The fourth-order valence-corrected chi connectivity index (χ4v) is 3.44. The number of hydrogen-bond acceptors (Lipinski definition) is 4. The number of nitrogens with zero attached hydrogens (tertiary/aromatic N) is 1. The molecule has 2 aromatic carbocycles. The SMILES string of the molecule is N=C(c1nc2ccccc2[nH]1)c1cc(Br)ccc1NC1CCCCO1. The van der Waals surface area contributed by atoms with E-state index in [9.17, 15) is 0 Å². The summed E-state index contributed by atoms with van der Waals surface area (Å²) in [5.74, 6) is 0.562. The molecular formula is C19H19BrN4O. The molecule has 0 amide bonds. The second-order valence-corrected chi connectivity index (χ2v) is 7.08. The quantitative estimate of drug-likeness (QED) is 0.558. The van der Waals surface area contributed by atoms with Crippen molar-refractivity contribution in [2.24, 2.45) is 0 Å². The maximum absolute atomic E-state index is 8.66. The molecule has 3 N–H and O–H groups in total. The lowest BCUT2D eigenvalue weighted by molar-refractivity contribution is 0.0343. The third-order valence-electron chi connectivity index (χ3n) is 4.37. The van der Waals surface area contributed by atoms with E-state index >= 15 is 0 Å². The van der Waals surface area contributed by atoms with Crippen LogP contribution in [0.3, 0.4) is 0 Å². The minimum atomic E-state index is -0.00264. The number of aromatic nitrogens is 2. The summed E-state index contributed by atoms with van der Waals surface area (Å²) >= 11 is 3.51. The molecule has 4 rings (SSSR count). The van der Waals surface area contributed by atoms with Gasteiger partial charge in [0.1, 0.15) is 11.9 Å². The van der Waals surface area contributed by atoms with Gasteiger partial charge in [0.05, 0.1) is 11.0 Å². The highest BCUT2D eigenvalue weighted by atomic mass is 79.9. The van der Waals surface area contributed by atoms with Gasteiger partial charge >= 0.3 is 0 Å². The van der Waals surface area contributed by atoms with E-state index < -0.39 is 0 Å². The van der Waals surface area contributed by atoms with E-state index in [0.717, 1.165) is 52.6 Å². The van der Waals surface area contributed by atoms with E-state index in [0.29, 0.717) is 11.5 Å². The van der Waals surface area contributed by atoms with E-state index in [1.165, 1.54) is 0 Å². The molecule has 0 spiro atoms. The Morgan fingerprint density at radius 1 is 1.24 bits per heavy atom. The Balaban J connectivity index is 1.67. The van der Waals surface area contributed by atoms with E-state index in [1.807, 2.05) is 42.5 Å². The summed E-state index contributed by atoms with van der Waals surface area (Å²) in [5.41, 5.74) is 3.84. The van der Waals surface area contributed by atoms with Crippen LogP contribution in [0.4, 0.5) is 5.69 Å². The molecule has 0 saturated carbocycles. The topological polar surface area (TPSA) is 73.8 Å². The number of hydrogen-bond donors (Lipinski definition) is 3. The molecule has 1 fully saturated rings. The van der Waals surface area contributed by atoms with Crippen molar-refractivity contribution in [3.63, 3.8) is 0 Å². The molecule has 6 heteroatoms. The average molecular weight is 399 g/mol. The highest BCUT2D eigenvalue weighted by Gasteiger charge is 2.18. The molecule has 3 aromatic rings. The predicted octanol–water partition coefficient (Wildman–Crippen LogP) is 4.68. The Morgan fingerprint density at radius 2 is 2.12 bits per heavy atom. The number of aromatic amines is 1. The van der Waals surface area contributed by atoms with Crippen molar-refractivity contribution >= 4 is 38.4 Å². The number of rotatable bonds is 4. The summed E-state index contributed by atoms with van der Waals surface area (Å²) in [7, 11) is 0. The summed E-state index contributed by atoms with van der Waals surface area (Å²) in [6, 6.07) is 13.7. The molecular weight excluding hydrogens is 380 g/mol. The summed E-state index contributed by atoms with van der Waals surface area (Å²) in [4.78, 5) is 7.79. The van der Waals surface area contributed by atoms with Crippen LogP contribution < -0.4 is 5.32 Å². The van der Waals surface area contributed by atoms with Gasteiger partial charge in [0.25, 0.3) is 0 Å². The summed E-state index contributed by atoms with van der Waals surface area (Å²) in [5, 5.41) is 12.1. The molecule has 2 heterocycles. The first kappa shape index (κ1) is 16.3.